The Hall–Kier alpha value is -0.500. The molecule has 1 aliphatic carbocycles. The third-order valence-corrected chi connectivity index (χ3v) is 6.71. The maximum atomic E-state index is 11.6. The second-order valence-electron chi connectivity index (χ2n) is 5.98. The highest BCUT2D eigenvalue weighted by molar-refractivity contribution is 7.88. The number of aromatic nitrogens is 1. The van der Waals surface area contributed by atoms with Gasteiger partial charge in [-0.25, -0.2) is 17.7 Å². The lowest BCUT2D eigenvalue weighted by Crippen LogP contribution is -2.34. The van der Waals surface area contributed by atoms with Gasteiger partial charge in [-0.2, -0.15) is 0 Å². The van der Waals surface area contributed by atoms with Gasteiger partial charge in [-0.3, -0.25) is 4.90 Å². The molecule has 2 heterocycles. The molecule has 1 aromatic heterocycles. The lowest BCUT2D eigenvalue weighted by atomic mass is 10.0. The number of nitrogens with zero attached hydrogens (tertiary/aromatic N) is 3. The predicted octanol–water partition coefficient (Wildman–Crippen LogP) is 1.49. The highest BCUT2D eigenvalue weighted by Crippen LogP contribution is 2.27. The van der Waals surface area contributed by atoms with Crippen molar-refractivity contribution in [2.45, 2.75) is 38.6 Å². The molecule has 2 aliphatic rings. The molecule has 21 heavy (non-hydrogen) atoms. The van der Waals surface area contributed by atoms with Gasteiger partial charge in [0.1, 0.15) is 5.01 Å². The fraction of sp³-hybridized carbons (Fsp3) is 0.786. The van der Waals surface area contributed by atoms with E-state index >= 15 is 0 Å². The van der Waals surface area contributed by atoms with E-state index in [4.69, 9.17) is 4.98 Å². The van der Waals surface area contributed by atoms with Gasteiger partial charge in [-0.1, -0.05) is 0 Å². The van der Waals surface area contributed by atoms with Crippen molar-refractivity contribution >= 4 is 21.4 Å². The minimum Gasteiger partial charge on any atom is -0.295 e. The van der Waals surface area contributed by atoms with Crippen LogP contribution in [0.1, 0.15) is 34.8 Å². The third-order valence-electron chi connectivity index (χ3n) is 4.27. The molecule has 0 N–H and O–H groups in total. The monoisotopic (exact) mass is 329 g/mol. The number of sulfonamides is 1. The number of thiazole rings is 1. The van der Waals surface area contributed by atoms with Crippen LogP contribution in [0, 0.1) is 0 Å². The highest BCUT2D eigenvalue weighted by Gasteiger charge is 2.22. The van der Waals surface area contributed by atoms with Crippen molar-refractivity contribution in [3.05, 3.63) is 15.6 Å². The van der Waals surface area contributed by atoms with Crippen molar-refractivity contribution in [3.63, 3.8) is 0 Å². The average Bonchev–Trinajstić information content (AvgIpc) is 2.66. The van der Waals surface area contributed by atoms with Crippen LogP contribution in [0.3, 0.4) is 0 Å². The molecule has 1 aromatic rings. The summed E-state index contributed by atoms with van der Waals surface area (Å²) in [6.45, 7) is 3.87. The largest absolute Gasteiger partial charge is 0.295 e. The molecule has 0 atom stereocenters. The van der Waals surface area contributed by atoms with Crippen LogP contribution in [0.4, 0.5) is 0 Å². The topological polar surface area (TPSA) is 53.5 Å². The molecule has 5 nitrogen and oxygen atoms in total. The Morgan fingerprint density at radius 3 is 2.67 bits per heavy atom. The molecular weight excluding hydrogens is 306 g/mol. The van der Waals surface area contributed by atoms with E-state index in [1.807, 2.05) is 11.3 Å². The second kappa shape index (κ2) is 6.32. The molecule has 1 aliphatic heterocycles. The number of rotatable bonds is 3. The van der Waals surface area contributed by atoms with Crippen molar-refractivity contribution < 1.29 is 8.42 Å². The predicted molar refractivity (Wildman–Crippen MR) is 85.1 cm³/mol. The Morgan fingerprint density at radius 1 is 1.10 bits per heavy atom. The van der Waals surface area contributed by atoms with Crippen LogP contribution in [0.5, 0.6) is 0 Å². The van der Waals surface area contributed by atoms with Crippen molar-refractivity contribution in [1.29, 1.82) is 0 Å². The van der Waals surface area contributed by atoms with Crippen LogP contribution in [-0.4, -0.2) is 55.0 Å². The van der Waals surface area contributed by atoms with Crippen LogP contribution < -0.4 is 0 Å². The summed E-state index contributed by atoms with van der Waals surface area (Å²) in [5, 5.41) is 1.20. The summed E-state index contributed by atoms with van der Waals surface area (Å²) in [5.41, 5.74) is 1.31. The molecule has 3 rings (SSSR count). The molecule has 0 spiro atoms. The van der Waals surface area contributed by atoms with E-state index in [0.29, 0.717) is 13.1 Å². The van der Waals surface area contributed by atoms with E-state index in [9.17, 15) is 8.42 Å². The van der Waals surface area contributed by atoms with Gasteiger partial charge in [0.2, 0.25) is 10.0 Å². The zero-order valence-electron chi connectivity index (χ0n) is 12.5. The van der Waals surface area contributed by atoms with Gasteiger partial charge in [0, 0.05) is 24.5 Å². The summed E-state index contributed by atoms with van der Waals surface area (Å²) in [7, 11) is -3.05. The van der Waals surface area contributed by atoms with Crippen molar-refractivity contribution in [2.75, 3.05) is 32.4 Å². The number of hydrogen-bond acceptors (Lipinski definition) is 5. The fourth-order valence-corrected chi connectivity index (χ4v) is 5.17. The second-order valence-corrected chi connectivity index (χ2v) is 9.13. The van der Waals surface area contributed by atoms with Crippen LogP contribution >= 0.6 is 11.3 Å². The maximum absolute atomic E-state index is 11.6. The van der Waals surface area contributed by atoms with Crippen LogP contribution in [0.15, 0.2) is 0 Å². The Balaban J connectivity index is 1.62. The van der Waals surface area contributed by atoms with E-state index in [1.54, 1.807) is 4.31 Å². The summed E-state index contributed by atoms with van der Waals surface area (Å²) in [6.07, 6.45) is 7.09. The average molecular weight is 329 g/mol. The zero-order chi connectivity index (χ0) is 14.9. The lowest BCUT2D eigenvalue weighted by molar-refractivity contribution is 0.278. The van der Waals surface area contributed by atoms with Gasteiger partial charge in [0.25, 0.3) is 0 Å². The van der Waals surface area contributed by atoms with Crippen molar-refractivity contribution in [1.82, 2.24) is 14.2 Å². The SMILES string of the molecule is CS(=O)(=O)N1CCCN(Cc2nc3c(s2)CCCC3)CC1. The normalized spacial score (nSPS) is 22.0. The van der Waals surface area contributed by atoms with Crippen LogP contribution in [0.2, 0.25) is 0 Å². The van der Waals surface area contributed by atoms with E-state index in [-0.39, 0.29) is 0 Å². The van der Waals surface area contributed by atoms with E-state index in [0.717, 1.165) is 32.5 Å². The smallest absolute Gasteiger partial charge is 0.211 e. The number of fused-ring (bicyclic) bond motifs is 1. The van der Waals surface area contributed by atoms with E-state index in [1.165, 1.54) is 41.1 Å². The summed E-state index contributed by atoms with van der Waals surface area (Å²) >= 11 is 1.86. The summed E-state index contributed by atoms with van der Waals surface area (Å²) < 4.78 is 24.9. The fourth-order valence-electron chi connectivity index (χ4n) is 3.10. The van der Waals surface area contributed by atoms with E-state index < -0.39 is 10.0 Å². The van der Waals surface area contributed by atoms with Crippen LogP contribution in [-0.2, 0) is 29.4 Å². The molecule has 118 valence electrons. The van der Waals surface area contributed by atoms with Gasteiger partial charge in [0.05, 0.1) is 18.5 Å². The molecule has 7 heteroatoms. The Labute approximate surface area is 131 Å². The van der Waals surface area contributed by atoms with Crippen molar-refractivity contribution in [3.8, 4) is 0 Å². The highest BCUT2D eigenvalue weighted by atomic mass is 32.2. The van der Waals surface area contributed by atoms with E-state index in [2.05, 4.69) is 4.90 Å². The first-order valence-electron chi connectivity index (χ1n) is 7.67. The standard InChI is InChI=1S/C14H23N3O2S2/c1-21(18,19)17-8-4-7-16(9-10-17)11-14-15-12-5-2-3-6-13(12)20-14/h2-11H2,1H3. The summed E-state index contributed by atoms with van der Waals surface area (Å²) in [6, 6.07) is 0. The molecule has 1 saturated heterocycles. The minimum absolute atomic E-state index is 0.601. The molecule has 0 unspecified atom stereocenters. The maximum Gasteiger partial charge on any atom is 0.211 e. The minimum atomic E-state index is -3.05. The lowest BCUT2D eigenvalue weighted by Gasteiger charge is -2.19. The Kier molecular flexibility index (Phi) is 4.63. The molecule has 0 saturated carbocycles. The Morgan fingerprint density at radius 2 is 1.90 bits per heavy atom. The molecule has 0 aromatic carbocycles. The molecule has 0 radical (unpaired) electrons. The molecule has 1 fully saturated rings. The first-order valence-corrected chi connectivity index (χ1v) is 10.3. The van der Waals surface area contributed by atoms with Gasteiger partial charge >= 0.3 is 0 Å². The molecule has 0 bridgehead atoms. The van der Waals surface area contributed by atoms with Gasteiger partial charge in [-0.05, 0) is 38.6 Å². The Bertz CT molecular complexity index is 574. The molecular formula is C14H23N3O2S2. The van der Waals surface area contributed by atoms with Gasteiger partial charge in [-0.15, -0.1) is 11.3 Å². The molecule has 0 amide bonds. The van der Waals surface area contributed by atoms with Crippen LogP contribution in [0.25, 0.3) is 0 Å². The number of hydrogen-bond donors (Lipinski definition) is 0. The quantitative estimate of drug-likeness (QED) is 0.843. The van der Waals surface area contributed by atoms with Crippen molar-refractivity contribution in [2.24, 2.45) is 0 Å². The first-order chi connectivity index (χ1) is 10.0. The summed E-state index contributed by atoms with van der Waals surface area (Å²) in [4.78, 5) is 8.61. The first kappa shape index (κ1) is 15.4. The summed E-state index contributed by atoms with van der Waals surface area (Å²) in [5.74, 6) is 0. The zero-order valence-corrected chi connectivity index (χ0v) is 14.2. The van der Waals surface area contributed by atoms with Gasteiger partial charge < -0.3 is 0 Å². The third kappa shape index (κ3) is 3.83. The van der Waals surface area contributed by atoms with Gasteiger partial charge in [0.15, 0.2) is 0 Å². The number of aryl methyl sites for hydroxylation is 2.